The Morgan fingerprint density at radius 3 is 2.75 bits per heavy atom. The van der Waals surface area contributed by atoms with Crippen LogP contribution >= 0.6 is 11.6 Å². The van der Waals surface area contributed by atoms with E-state index in [0.717, 1.165) is 24.3 Å². The number of hydrogen-bond acceptors (Lipinski definition) is 3. The average molecular weight is 239 g/mol. The summed E-state index contributed by atoms with van der Waals surface area (Å²) in [5.74, 6) is 1.27. The fourth-order valence-electron chi connectivity index (χ4n) is 1.76. The molecule has 2 aromatic rings. The second kappa shape index (κ2) is 4.29. The molecule has 0 aromatic carbocycles. The molecule has 2 rings (SSSR count). The maximum absolute atomic E-state index is 5.94. The quantitative estimate of drug-likeness (QED) is 0.895. The van der Waals surface area contributed by atoms with Crippen LogP contribution in [0.3, 0.4) is 0 Å². The monoisotopic (exact) mass is 238 g/mol. The van der Waals surface area contributed by atoms with Crippen LogP contribution in [0, 0.1) is 0 Å². The van der Waals surface area contributed by atoms with Gasteiger partial charge in [-0.15, -0.1) is 0 Å². The van der Waals surface area contributed by atoms with Crippen molar-refractivity contribution in [3.05, 3.63) is 23.1 Å². The molecule has 0 saturated heterocycles. The van der Waals surface area contributed by atoms with Gasteiger partial charge in [0.1, 0.15) is 0 Å². The Bertz CT molecular complexity index is 463. The molecular formula is C11H15ClN4. The van der Waals surface area contributed by atoms with E-state index in [1.807, 2.05) is 0 Å². The lowest BCUT2D eigenvalue weighted by Crippen LogP contribution is -1.98. The number of nitrogen functional groups attached to an aromatic ring is 1. The van der Waals surface area contributed by atoms with E-state index in [1.165, 1.54) is 0 Å². The molecule has 0 saturated carbocycles. The minimum absolute atomic E-state index is 0.403. The topological polar surface area (TPSA) is 56.2 Å². The molecule has 86 valence electrons. The molecule has 0 bridgehead atoms. The van der Waals surface area contributed by atoms with Gasteiger partial charge in [0.05, 0.1) is 16.9 Å². The molecule has 0 radical (unpaired) electrons. The van der Waals surface area contributed by atoms with Gasteiger partial charge in [-0.2, -0.15) is 5.10 Å². The summed E-state index contributed by atoms with van der Waals surface area (Å²) in [5.41, 5.74) is 6.99. The second-order valence-corrected chi connectivity index (χ2v) is 4.27. The fourth-order valence-corrected chi connectivity index (χ4v) is 1.91. The molecule has 0 aliphatic carbocycles. The minimum atomic E-state index is 0.403. The van der Waals surface area contributed by atoms with Gasteiger partial charge in [-0.1, -0.05) is 25.4 Å². The molecule has 0 fully saturated rings. The van der Waals surface area contributed by atoms with Gasteiger partial charge in [-0.25, -0.2) is 9.50 Å². The number of aromatic nitrogens is 3. The van der Waals surface area contributed by atoms with Gasteiger partial charge < -0.3 is 5.73 Å². The molecule has 0 aliphatic heterocycles. The standard InChI is InChI=1S/C11H15ClN4/c1-3-7(4-2)11-14-10-5-8(12)9(13)6-16(10)15-11/h5-7H,3-4,13H2,1-2H3. The molecule has 16 heavy (non-hydrogen) atoms. The van der Waals surface area contributed by atoms with Gasteiger partial charge in [0, 0.05) is 12.0 Å². The third-order valence-electron chi connectivity index (χ3n) is 2.82. The summed E-state index contributed by atoms with van der Waals surface area (Å²) in [7, 11) is 0. The molecule has 0 spiro atoms. The van der Waals surface area contributed by atoms with E-state index in [9.17, 15) is 0 Å². The van der Waals surface area contributed by atoms with Crippen molar-refractivity contribution in [1.29, 1.82) is 0 Å². The first-order chi connectivity index (χ1) is 7.65. The van der Waals surface area contributed by atoms with E-state index in [4.69, 9.17) is 17.3 Å². The first-order valence-electron chi connectivity index (χ1n) is 5.47. The molecule has 0 amide bonds. The van der Waals surface area contributed by atoms with E-state index in [2.05, 4.69) is 23.9 Å². The normalized spacial score (nSPS) is 11.5. The summed E-state index contributed by atoms with van der Waals surface area (Å²) in [5, 5.41) is 4.95. The van der Waals surface area contributed by atoms with Gasteiger partial charge in [-0.3, -0.25) is 0 Å². The number of nitrogens with zero attached hydrogens (tertiary/aromatic N) is 3. The zero-order valence-electron chi connectivity index (χ0n) is 9.44. The van der Waals surface area contributed by atoms with Crippen LogP contribution in [-0.2, 0) is 0 Å². The molecule has 5 heteroatoms. The Morgan fingerprint density at radius 2 is 2.12 bits per heavy atom. The Hall–Kier alpha value is -1.29. The largest absolute Gasteiger partial charge is 0.396 e. The van der Waals surface area contributed by atoms with Crippen LogP contribution in [0.15, 0.2) is 12.3 Å². The fraction of sp³-hybridized carbons (Fsp3) is 0.455. The van der Waals surface area contributed by atoms with Crippen LogP contribution < -0.4 is 5.73 Å². The highest BCUT2D eigenvalue weighted by atomic mass is 35.5. The number of anilines is 1. The van der Waals surface area contributed by atoms with Crippen molar-refractivity contribution < 1.29 is 0 Å². The average Bonchev–Trinajstić information content (AvgIpc) is 2.63. The number of nitrogens with two attached hydrogens (primary N) is 1. The van der Waals surface area contributed by atoms with Crippen molar-refractivity contribution >= 4 is 22.9 Å². The van der Waals surface area contributed by atoms with Gasteiger partial charge in [0.2, 0.25) is 0 Å². The summed E-state index contributed by atoms with van der Waals surface area (Å²) in [4.78, 5) is 4.47. The summed E-state index contributed by atoms with van der Waals surface area (Å²) in [6.07, 6.45) is 3.78. The van der Waals surface area contributed by atoms with Gasteiger partial charge in [0.25, 0.3) is 0 Å². The lowest BCUT2D eigenvalue weighted by molar-refractivity contribution is 0.601. The Kier molecular flexibility index (Phi) is 3.01. The lowest BCUT2D eigenvalue weighted by atomic mass is 10.0. The number of hydrogen-bond donors (Lipinski definition) is 1. The second-order valence-electron chi connectivity index (χ2n) is 3.86. The molecule has 0 aliphatic rings. The molecule has 2 aromatic heterocycles. The van der Waals surface area contributed by atoms with E-state index in [1.54, 1.807) is 16.8 Å². The molecule has 2 N–H and O–H groups in total. The zero-order chi connectivity index (χ0) is 11.7. The summed E-state index contributed by atoms with van der Waals surface area (Å²) in [6.45, 7) is 4.28. The van der Waals surface area contributed by atoms with E-state index in [-0.39, 0.29) is 0 Å². The minimum Gasteiger partial charge on any atom is -0.396 e. The summed E-state index contributed by atoms with van der Waals surface area (Å²) in [6, 6.07) is 1.75. The molecule has 2 heterocycles. The Labute approximate surface area is 99.4 Å². The van der Waals surface area contributed by atoms with Crippen LogP contribution in [0.1, 0.15) is 38.4 Å². The molecule has 4 nitrogen and oxygen atoms in total. The molecule has 0 atom stereocenters. The summed E-state index contributed by atoms with van der Waals surface area (Å²) >= 11 is 5.94. The number of halogens is 1. The van der Waals surface area contributed by atoms with E-state index in [0.29, 0.717) is 16.6 Å². The smallest absolute Gasteiger partial charge is 0.157 e. The van der Waals surface area contributed by atoms with Crippen molar-refractivity contribution in [2.45, 2.75) is 32.6 Å². The SMILES string of the molecule is CCC(CC)c1nc2cc(Cl)c(N)cn2n1. The van der Waals surface area contributed by atoms with Gasteiger partial charge in [0.15, 0.2) is 11.5 Å². The highest BCUT2D eigenvalue weighted by Crippen LogP contribution is 2.23. The predicted molar refractivity (Wildman–Crippen MR) is 65.7 cm³/mol. The Balaban J connectivity index is 2.51. The maximum atomic E-state index is 5.94. The lowest BCUT2D eigenvalue weighted by Gasteiger charge is -2.05. The van der Waals surface area contributed by atoms with Gasteiger partial charge >= 0.3 is 0 Å². The third kappa shape index (κ3) is 1.85. The van der Waals surface area contributed by atoms with Crippen molar-refractivity contribution in [2.75, 3.05) is 5.73 Å². The third-order valence-corrected chi connectivity index (χ3v) is 3.15. The van der Waals surface area contributed by atoms with Crippen molar-refractivity contribution in [2.24, 2.45) is 0 Å². The van der Waals surface area contributed by atoms with Crippen LogP contribution in [0.25, 0.3) is 5.65 Å². The van der Waals surface area contributed by atoms with Crippen molar-refractivity contribution in [3.63, 3.8) is 0 Å². The first-order valence-corrected chi connectivity index (χ1v) is 5.84. The highest BCUT2D eigenvalue weighted by Gasteiger charge is 2.13. The van der Waals surface area contributed by atoms with Crippen molar-refractivity contribution in [1.82, 2.24) is 14.6 Å². The van der Waals surface area contributed by atoms with E-state index < -0.39 is 0 Å². The molecular weight excluding hydrogens is 224 g/mol. The van der Waals surface area contributed by atoms with Crippen LogP contribution in [0.2, 0.25) is 5.02 Å². The molecule has 0 unspecified atom stereocenters. The number of rotatable bonds is 3. The maximum Gasteiger partial charge on any atom is 0.157 e. The van der Waals surface area contributed by atoms with Gasteiger partial charge in [-0.05, 0) is 12.8 Å². The number of fused-ring (bicyclic) bond motifs is 1. The van der Waals surface area contributed by atoms with Crippen LogP contribution in [-0.4, -0.2) is 14.6 Å². The number of pyridine rings is 1. The van der Waals surface area contributed by atoms with Crippen LogP contribution in [0.5, 0.6) is 0 Å². The highest BCUT2D eigenvalue weighted by molar-refractivity contribution is 6.33. The Morgan fingerprint density at radius 1 is 1.44 bits per heavy atom. The predicted octanol–water partition coefficient (Wildman–Crippen LogP) is 2.87. The zero-order valence-corrected chi connectivity index (χ0v) is 10.2. The van der Waals surface area contributed by atoms with Crippen molar-refractivity contribution in [3.8, 4) is 0 Å². The summed E-state index contributed by atoms with van der Waals surface area (Å²) < 4.78 is 1.69. The van der Waals surface area contributed by atoms with Crippen LogP contribution in [0.4, 0.5) is 5.69 Å². The first kappa shape index (κ1) is 11.2. The van der Waals surface area contributed by atoms with E-state index >= 15 is 0 Å².